The Morgan fingerprint density at radius 3 is 2.47 bits per heavy atom. The van der Waals surface area contributed by atoms with Gasteiger partial charge in [0.2, 0.25) is 0 Å². The highest BCUT2D eigenvalue weighted by molar-refractivity contribution is 5.81. The summed E-state index contributed by atoms with van der Waals surface area (Å²) >= 11 is 0. The van der Waals surface area contributed by atoms with Gasteiger partial charge in [-0.3, -0.25) is 9.78 Å². The first-order chi connectivity index (χ1) is 8.16. The van der Waals surface area contributed by atoms with E-state index in [1.165, 1.54) is 0 Å². The lowest BCUT2D eigenvalue weighted by Gasteiger charge is -1.97. The molecule has 0 unspecified atom stereocenters. The molecule has 5 heteroatoms. The highest BCUT2D eigenvalue weighted by Gasteiger charge is 2.02. The summed E-state index contributed by atoms with van der Waals surface area (Å²) in [6.07, 6.45) is 1.58. The van der Waals surface area contributed by atoms with E-state index in [4.69, 9.17) is 0 Å². The Hall–Kier alpha value is -2.43. The van der Waals surface area contributed by atoms with Crippen molar-refractivity contribution in [1.29, 1.82) is 0 Å². The molecule has 0 fully saturated rings. The number of aryl methyl sites for hydroxylation is 1. The van der Waals surface area contributed by atoms with E-state index in [0.29, 0.717) is 5.69 Å². The fraction of sp³-hybridized carbons (Fsp3) is 0.0833. The van der Waals surface area contributed by atoms with Crippen LogP contribution in [0.15, 0.2) is 44.9 Å². The monoisotopic (exact) mass is 229 g/mol. The molecular weight excluding hydrogens is 218 g/mol. The molecule has 1 aromatic carbocycles. The van der Waals surface area contributed by atoms with Crippen LogP contribution in [0.3, 0.4) is 0 Å². The third-order valence-electron chi connectivity index (χ3n) is 2.24. The quantitative estimate of drug-likeness (QED) is 0.757. The molecule has 0 amide bonds. The molecule has 1 heterocycles. The van der Waals surface area contributed by atoms with Crippen molar-refractivity contribution in [3.8, 4) is 0 Å². The van der Waals surface area contributed by atoms with Crippen molar-refractivity contribution in [3.63, 3.8) is 0 Å². The fourth-order valence-electron chi connectivity index (χ4n) is 1.43. The van der Waals surface area contributed by atoms with Crippen molar-refractivity contribution < 1.29 is 0 Å². The first-order valence-electron chi connectivity index (χ1n) is 5.09. The number of aliphatic imine (C=N–C) groups is 1. The van der Waals surface area contributed by atoms with Gasteiger partial charge in [-0.15, -0.1) is 0 Å². The van der Waals surface area contributed by atoms with Crippen LogP contribution in [0.2, 0.25) is 0 Å². The van der Waals surface area contributed by atoms with Gasteiger partial charge in [0.05, 0.1) is 0 Å². The van der Waals surface area contributed by atoms with Crippen molar-refractivity contribution in [3.05, 3.63) is 62.4 Å². The Kier molecular flexibility index (Phi) is 3.00. The normalized spacial score (nSPS) is 10.9. The number of nitrogens with one attached hydrogen (secondary N) is 2. The molecule has 17 heavy (non-hydrogen) atoms. The average Bonchev–Trinajstić information content (AvgIpc) is 2.29. The summed E-state index contributed by atoms with van der Waals surface area (Å²) in [4.78, 5) is 31.2. The number of hydrogen-bond acceptors (Lipinski definition) is 3. The van der Waals surface area contributed by atoms with Gasteiger partial charge in [-0.2, -0.15) is 0 Å². The van der Waals surface area contributed by atoms with Gasteiger partial charge in [0, 0.05) is 11.9 Å². The lowest BCUT2D eigenvalue weighted by Crippen LogP contribution is -2.22. The highest BCUT2D eigenvalue weighted by atomic mass is 16.2. The Morgan fingerprint density at radius 1 is 1.12 bits per heavy atom. The standard InChI is InChI=1S/C12H11N3O2/c1-8-10(11(16)15-12(17)14-8)13-7-9-5-3-2-4-6-9/h2-7H,1H3,(H2,14,15,16,17). The van der Waals surface area contributed by atoms with Crippen LogP contribution in [0, 0.1) is 6.92 Å². The predicted octanol–water partition coefficient (Wildman–Crippen LogP) is 1.12. The minimum Gasteiger partial charge on any atom is -0.309 e. The molecule has 0 radical (unpaired) electrons. The molecule has 0 aliphatic carbocycles. The number of benzene rings is 1. The van der Waals surface area contributed by atoms with Gasteiger partial charge in [0.25, 0.3) is 5.56 Å². The van der Waals surface area contributed by atoms with E-state index in [9.17, 15) is 9.59 Å². The minimum atomic E-state index is -0.522. The second-order valence-corrected chi connectivity index (χ2v) is 3.55. The number of H-pyrrole nitrogens is 2. The number of aromatic nitrogens is 2. The molecule has 5 nitrogen and oxygen atoms in total. The van der Waals surface area contributed by atoms with Gasteiger partial charge in [-0.1, -0.05) is 30.3 Å². The second-order valence-electron chi connectivity index (χ2n) is 3.55. The number of aromatic amines is 2. The fourth-order valence-corrected chi connectivity index (χ4v) is 1.43. The van der Waals surface area contributed by atoms with Crippen LogP contribution in [-0.2, 0) is 0 Å². The van der Waals surface area contributed by atoms with Crippen molar-refractivity contribution >= 4 is 11.9 Å². The molecule has 0 atom stereocenters. The Morgan fingerprint density at radius 2 is 1.82 bits per heavy atom. The lowest BCUT2D eigenvalue weighted by atomic mass is 10.2. The molecule has 0 spiro atoms. The maximum atomic E-state index is 11.5. The summed E-state index contributed by atoms with van der Waals surface area (Å²) in [6, 6.07) is 9.41. The lowest BCUT2D eigenvalue weighted by molar-refractivity contribution is 0.992. The van der Waals surface area contributed by atoms with Crippen LogP contribution in [-0.4, -0.2) is 16.2 Å². The molecule has 86 valence electrons. The van der Waals surface area contributed by atoms with Crippen LogP contribution in [0.5, 0.6) is 0 Å². The summed E-state index contributed by atoms with van der Waals surface area (Å²) < 4.78 is 0. The molecular formula is C12H11N3O2. The van der Waals surface area contributed by atoms with E-state index in [0.717, 1.165) is 5.56 Å². The summed E-state index contributed by atoms with van der Waals surface area (Å²) in [5.74, 6) is 0. The van der Waals surface area contributed by atoms with Crippen molar-refractivity contribution in [1.82, 2.24) is 9.97 Å². The van der Waals surface area contributed by atoms with Crippen LogP contribution >= 0.6 is 0 Å². The third-order valence-corrected chi connectivity index (χ3v) is 2.24. The molecule has 0 bridgehead atoms. The SMILES string of the molecule is Cc1[nH]c(=O)[nH]c(=O)c1N=Cc1ccccc1. The van der Waals surface area contributed by atoms with Crippen LogP contribution in [0.25, 0.3) is 0 Å². The van der Waals surface area contributed by atoms with E-state index in [1.807, 2.05) is 30.3 Å². The first kappa shape index (κ1) is 11.1. The second kappa shape index (κ2) is 4.61. The molecule has 2 aromatic rings. The van der Waals surface area contributed by atoms with Crippen molar-refractivity contribution in [2.45, 2.75) is 6.92 Å². The van der Waals surface area contributed by atoms with Gasteiger partial charge in [0.1, 0.15) is 5.69 Å². The van der Waals surface area contributed by atoms with Crippen molar-refractivity contribution in [2.24, 2.45) is 4.99 Å². The average molecular weight is 229 g/mol. The topological polar surface area (TPSA) is 78.1 Å². The first-order valence-corrected chi connectivity index (χ1v) is 5.09. The molecule has 2 N–H and O–H groups in total. The van der Waals surface area contributed by atoms with Gasteiger partial charge in [-0.05, 0) is 12.5 Å². The zero-order valence-electron chi connectivity index (χ0n) is 9.23. The maximum Gasteiger partial charge on any atom is 0.326 e. The van der Waals surface area contributed by atoms with E-state index >= 15 is 0 Å². The van der Waals surface area contributed by atoms with Crippen LogP contribution in [0.1, 0.15) is 11.3 Å². The smallest absolute Gasteiger partial charge is 0.309 e. The minimum absolute atomic E-state index is 0.216. The van der Waals surface area contributed by atoms with Gasteiger partial charge in [-0.25, -0.2) is 9.79 Å². The van der Waals surface area contributed by atoms with Gasteiger partial charge < -0.3 is 4.98 Å². The summed E-state index contributed by atoms with van der Waals surface area (Å²) in [6.45, 7) is 1.63. The summed E-state index contributed by atoms with van der Waals surface area (Å²) in [5, 5.41) is 0. The zero-order valence-corrected chi connectivity index (χ0v) is 9.23. The van der Waals surface area contributed by atoms with Crippen molar-refractivity contribution in [2.75, 3.05) is 0 Å². The molecule has 2 rings (SSSR count). The summed E-state index contributed by atoms with van der Waals surface area (Å²) in [7, 11) is 0. The maximum absolute atomic E-state index is 11.5. The van der Waals surface area contributed by atoms with Gasteiger partial charge in [0.15, 0.2) is 0 Å². The Bertz CT molecular complexity index is 653. The van der Waals surface area contributed by atoms with Crippen LogP contribution in [0.4, 0.5) is 5.69 Å². The molecule has 1 aromatic heterocycles. The number of hydrogen-bond donors (Lipinski definition) is 2. The molecule has 0 aliphatic rings. The highest BCUT2D eigenvalue weighted by Crippen LogP contribution is 2.07. The zero-order chi connectivity index (χ0) is 12.3. The Labute approximate surface area is 96.9 Å². The van der Waals surface area contributed by atoms with Gasteiger partial charge >= 0.3 is 5.69 Å². The van der Waals surface area contributed by atoms with E-state index in [-0.39, 0.29) is 5.69 Å². The molecule has 0 saturated heterocycles. The predicted molar refractivity (Wildman–Crippen MR) is 66.1 cm³/mol. The molecule has 0 aliphatic heterocycles. The van der Waals surface area contributed by atoms with E-state index in [1.54, 1.807) is 13.1 Å². The van der Waals surface area contributed by atoms with E-state index < -0.39 is 11.2 Å². The third kappa shape index (κ3) is 2.57. The largest absolute Gasteiger partial charge is 0.326 e. The van der Waals surface area contributed by atoms with Crippen LogP contribution < -0.4 is 11.2 Å². The Balaban J connectivity index is 2.41. The number of nitrogens with zero attached hydrogens (tertiary/aromatic N) is 1. The number of rotatable bonds is 2. The van der Waals surface area contributed by atoms with E-state index in [2.05, 4.69) is 15.0 Å². The molecule has 0 saturated carbocycles. The summed E-state index contributed by atoms with van der Waals surface area (Å²) in [5.41, 5.74) is 0.543.